The number of aryl methyl sites for hydroxylation is 1. The molecule has 0 spiro atoms. The first kappa shape index (κ1) is 29.2. The van der Waals surface area contributed by atoms with Gasteiger partial charge in [0, 0.05) is 5.69 Å². The average molecular weight is 576 g/mol. The van der Waals surface area contributed by atoms with Crippen molar-refractivity contribution in [2.75, 3.05) is 37.5 Å². The van der Waals surface area contributed by atoms with Crippen molar-refractivity contribution in [1.29, 1.82) is 0 Å². The molecule has 0 unspecified atom stereocenters. The smallest absolute Gasteiger partial charge is 0.294 e. The van der Waals surface area contributed by atoms with E-state index in [4.69, 9.17) is 14.2 Å². The number of benzene rings is 3. The van der Waals surface area contributed by atoms with E-state index in [-0.39, 0.29) is 17.4 Å². The van der Waals surface area contributed by atoms with Crippen LogP contribution in [0.5, 0.6) is 17.2 Å². The molecule has 11 heteroatoms. The van der Waals surface area contributed by atoms with E-state index < -0.39 is 23.6 Å². The summed E-state index contributed by atoms with van der Waals surface area (Å²) in [4.78, 5) is 51.5. The molecule has 0 aliphatic carbocycles. The second-order valence-electron chi connectivity index (χ2n) is 8.86. The summed E-state index contributed by atoms with van der Waals surface area (Å²) in [5.41, 5.74) is 2.76. The van der Waals surface area contributed by atoms with E-state index >= 15 is 0 Å². The molecule has 212 valence electrons. The van der Waals surface area contributed by atoms with E-state index in [9.17, 15) is 19.2 Å². The summed E-state index contributed by atoms with van der Waals surface area (Å²) in [7, 11) is 1.48. The zero-order valence-electron chi connectivity index (χ0n) is 22.8. The number of ether oxygens (including phenoxy) is 3. The molecule has 1 heterocycles. The molecule has 41 heavy (non-hydrogen) atoms. The number of nitrogens with zero attached hydrogens (tertiary/aromatic N) is 1. The van der Waals surface area contributed by atoms with Crippen molar-refractivity contribution < 1.29 is 33.4 Å². The van der Waals surface area contributed by atoms with Gasteiger partial charge >= 0.3 is 0 Å². The van der Waals surface area contributed by atoms with Crippen LogP contribution in [-0.2, 0) is 14.4 Å². The van der Waals surface area contributed by atoms with Gasteiger partial charge in [0.15, 0.2) is 18.1 Å². The molecule has 0 saturated carbocycles. The fourth-order valence-corrected chi connectivity index (χ4v) is 4.69. The Morgan fingerprint density at radius 2 is 1.66 bits per heavy atom. The number of amides is 4. The quantitative estimate of drug-likeness (QED) is 0.303. The van der Waals surface area contributed by atoms with Crippen molar-refractivity contribution in [2.45, 2.75) is 13.8 Å². The molecule has 0 aromatic heterocycles. The normalized spacial score (nSPS) is 13.7. The number of hydrogen-bond donors (Lipinski definition) is 2. The zero-order valence-corrected chi connectivity index (χ0v) is 23.6. The molecule has 3 aromatic carbocycles. The standard InChI is InChI=1S/C30H29N3O7S/c1-4-39-25-15-20(11-14-24(25)40-18-28(35)31-21-12-9-19(2)10-13-21)16-26-29(36)33(30(37)41-26)17-27(34)32-22-7-5-6-8-23(22)38-3/h5-16H,4,17-18H2,1-3H3,(H,31,35)(H,32,34)/b26-16-. The van der Waals surface area contributed by atoms with Crippen LogP contribution in [0.1, 0.15) is 18.1 Å². The van der Waals surface area contributed by atoms with E-state index in [1.807, 2.05) is 38.1 Å². The van der Waals surface area contributed by atoms with Gasteiger partial charge in [-0.2, -0.15) is 0 Å². The molecule has 1 saturated heterocycles. The number of carbonyl (C=O) groups is 4. The lowest BCUT2D eigenvalue weighted by Gasteiger charge is -2.14. The van der Waals surface area contributed by atoms with Crippen LogP contribution in [0, 0.1) is 6.92 Å². The Balaban J connectivity index is 1.40. The summed E-state index contributed by atoms with van der Waals surface area (Å²) in [6, 6.07) is 19.2. The van der Waals surface area contributed by atoms with E-state index in [0.717, 1.165) is 22.2 Å². The van der Waals surface area contributed by atoms with Crippen molar-refractivity contribution in [3.05, 3.63) is 82.8 Å². The Labute approximate surface area is 241 Å². The average Bonchev–Trinajstić information content (AvgIpc) is 3.21. The van der Waals surface area contributed by atoms with Crippen molar-refractivity contribution >= 4 is 52.2 Å². The summed E-state index contributed by atoms with van der Waals surface area (Å²) in [6.07, 6.45) is 1.54. The maximum atomic E-state index is 13.0. The minimum Gasteiger partial charge on any atom is -0.495 e. The minimum absolute atomic E-state index is 0.161. The van der Waals surface area contributed by atoms with E-state index in [0.29, 0.717) is 40.8 Å². The van der Waals surface area contributed by atoms with Crippen LogP contribution in [0.15, 0.2) is 71.6 Å². The highest BCUT2D eigenvalue weighted by Gasteiger charge is 2.36. The number of hydrogen-bond acceptors (Lipinski definition) is 8. The third-order valence-electron chi connectivity index (χ3n) is 5.82. The molecule has 1 aliphatic rings. The lowest BCUT2D eigenvalue weighted by molar-refractivity contribution is -0.127. The molecular weight excluding hydrogens is 546 g/mol. The summed E-state index contributed by atoms with van der Waals surface area (Å²) >= 11 is 0.741. The highest BCUT2D eigenvalue weighted by molar-refractivity contribution is 8.18. The molecule has 0 radical (unpaired) electrons. The number of methoxy groups -OCH3 is 1. The zero-order chi connectivity index (χ0) is 29.4. The molecule has 0 atom stereocenters. The van der Waals surface area contributed by atoms with Gasteiger partial charge in [0.05, 0.1) is 24.3 Å². The van der Waals surface area contributed by atoms with Crippen LogP contribution >= 0.6 is 11.8 Å². The Bertz CT molecular complexity index is 1490. The lowest BCUT2D eigenvalue weighted by Crippen LogP contribution is -2.36. The molecule has 4 amide bonds. The van der Waals surface area contributed by atoms with Crippen LogP contribution in [-0.4, -0.2) is 54.7 Å². The van der Waals surface area contributed by atoms with Crippen LogP contribution in [0.3, 0.4) is 0 Å². The Morgan fingerprint density at radius 1 is 0.902 bits per heavy atom. The molecule has 1 fully saturated rings. The first-order chi connectivity index (χ1) is 19.8. The van der Waals surface area contributed by atoms with Gasteiger partial charge in [-0.1, -0.05) is 35.9 Å². The maximum absolute atomic E-state index is 13.0. The summed E-state index contributed by atoms with van der Waals surface area (Å²) in [6.45, 7) is 3.43. The predicted molar refractivity (Wildman–Crippen MR) is 157 cm³/mol. The number of rotatable bonds is 11. The highest BCUT2D eigenvalue weighted by atomic mass is 32.2. The topological polar surface area (TPSA) is 123 Å². The number of para-hydroxylation sites is 2. The number of nitrogens with one attached hydrogen (secondary N) is 2. The molecule has 3 aromatic rings. The molecule has 10 nitrogen and oxygen atoms in total. The fourth-order valence-electron chi connectivity index (χ4n) is 3.85. The van der Waals surface area contributed by atoms with Crippen molar-refractivity contribution in [3.8, 4) is 17.2 Å². The van der Waals surface area contributed by atoms with Gasteiger partial charge in [0.2, 0.25) is 5.91 Å². The van der Waals surface area contributed by atoms with Gasteiger partial charge in [0.25, 0.3) is 17.1 Å². The molecule has 2 N–H and O–H groups in total. The van der Waals surface area contributed by atoms with Crippen molar-refractivity contribution in [3.63, 3.8) is 0 Å². The van der Waals surface area contributed by atoms with E-state index in [2.05, 4.69) is 10.6 Å². The first-order valence-corrected chi connectivity index (χ1v) is 13.5. The molecule has 1 aliphatic heterocycles. The minimum atomic E-state index is -0.582. The lowest BCUT2D eigenvalue weighted by atomic mass is 10.2. The van der Waals surface area contributed by atoms with Gasteiger partial charge in [-0.15, -0.1) is 0 Å². The summed E-state index contributed by atoms with van der Waals surface area (Å²) < 4.78 is 16.6. The second kappa shape index (κ2) is 13.5. The van der Waals surface area contributed by atoms with Crippen molar-refractivity contribution in [2.24, 2.45) is 0 Å². The Hall–Kier alpha value is -4.77. The molecular formula is C30H29N3O7S. The Morgan fingerprint density at radius 3 is 2.39 bits per heavy atom. The SMILES string of the molecule is CCOc1cc(/C=C2\SC(=O)N(CC(=O)Nc3ccccc3OC)C2=O)ccc1OCC(=O)Nc1ccc(C)cc1. The molecule has 4 rings (SSSR count). The molecule has 0 bridgehead atoms. The van der Waals surface area contributed by atoms with Gasteiger partial charge in [-0.05, 0) is 73.6 Å². The van der Waals surface area contributed by atoms with Crippen molar-refractivity contribution in [1.82, 2.24) is 4.90 Å². The van der Waals surface area contributed by atoms with Gasteiger partial charge in [0.1, 0.15) is 12.3 Å². The van der Waals surface area contributed by atoms with Gasteiger partial charge in [-0.25, -0.2) is 0 Å². The number of carbonyl (C=O) groups excluding carboxylic acids is 4. The van der Waals surface area contributed by atoms with Crippen LogP contribution in [0.25, 0.3) is 6.08 Å². The number of thioether (sulfide) groups is 1. The Kier molecular flexibility index (Phi) is 9.64. The van der Waals surface area contributed by atoms with E-state index in [1.165, 1.54) is 7.11 Å². The number of imide groups is 1. The van der Waals surface area contributed by atoms with Crippen LogP contribution in [0.2, 0.25) is 0 Å². The summed E-state index contributed by atoms with van der Waals surface area (Å²) in [5, 5.41) is 4.88. The second-order valence-corrected chi connectivity index (χ2v) is 9.85. The summed E-state index contributed by atoms with van der Waals surface area (Å²) in [5.74, 6) is -0.266. The predicted octanol–water partition coefficient (Wildman–Crippen LogP) is 5.09. The van der Waals surface area contributed by atoms with Gasteiger partial charge in [-0.3, -0.25) is 24.1 Å². The number of anilines is 2. The third-order valence-corrected chi connectivity index (χ3v) is 6.72. The third kappa shape index (κ3) is 7.67. The highest BCUT2D eigenvalue weighted by Crippen LogP contribution is 2.35. The van der Waals surface area contributed by atoms with Crippen LogP contribution in [0.4, 0.5) is 16.2 Å². The van der Waals surface area contributed by atoms with Crippen LogP contribution < -0.4 is 24.8 Å². The maximum Gasteiger partial charge on any atom is 0.294 e. The van der Waals surface area contributed by atoms with E-state index in [1.54, 1.807) is 48.5 Å². The largest absolute Gasteiger partial charge is 0.495 e. The first-order valence-electron chi connectivity index (χ1n) is 12.7. The fraction of sp³-hybridized carbons (Fsp3) is 0.200. The van der Waals surface area contributed by atoms with Gasteiger partial charge < -0.3 is 24.8 Å². The monoisotopic (exact) mass is 575 g/mol.